The number of rotatable bonds is 3. The lowest BCUT2D eigenvalue weighted by atomic mass is 10.2. The van der Waals surface area contributed by atoms with Crippen LogP contribution in [0.5, 0.6) is 11.5 Å². The van der Waals surface area contributed by atoms with E-state index in [2.05, 4.69) is 20.9 Å². The quantitative estimate of drug-likeness (QED) is 0.676. The van der Waals surface area contributed by atoms with Gasteiger partial charge < -0.3 is 10.5 Å². The Labute approximate surface area is 111 Å². The summed E-state index contributed by atoms with van der Waals surface area (Å²) < 4.78 is 19.8. The third kappa shape index (κ3) is 2.84. The van der Waals surface area contributed by atoms with Gasteiger partial charge in [-0.05, 0) is 40.2 Å². The van der Waals surface area contributed by atoms with Crippen molar-refractivity contribution < 1.29 is 9.13 Å². The van der Waals surface area contributed by atoms with Gasteiger partial charge in [0.2, 0.25) is 0 Å². The van der Waals surface area contributed by atoms with Gasteiger partial charge in [0.15, 0.2) is 11.6 Å². The summed E-state index contributed by atoms with van der Waals surface area (Å²) in [6, 6.07) is 5.77. The van der Waals surface area contributed by atoms with Crippen molar-refractivity contribution in [2.45, 2.75) is 0 Å². The summed E-state index contributed by atoms with van der Waals surface area (Å²) in [6.07, 6.45) is 3.07. The number of nitrogen functional groups attached to an aromatic ring is 1. The van der Waals surface area contributed by atoms with E-state index < -0.39 is 5.82 Å². The molecule has 6 heteroatoms. The van der Waals surface area contributed by atoms with Gasteiger partial charge in [-0.2, -0.15) is 0 Å². The lowest BCUT2D eigenvalue weighted by Crippen LogP contribution is -2.11. The summed E-state index contributed by atoms with van der Waals surface area (Å²) in [5.41, 5.74) is 5.58. The number of hydrogen-bond donors (Lipinski definition) is 2. The van der Waals surface area contributed by atoms with Crippen molar-refractivity contribution in [3.05, 3.63) is 52.5 Å². The Morgan fingerprint density at radius 3 is 2.72 bits per heavy atom. The van der Waals surface area contributed by atoms with E-state index in [0.29, 0.717) is 11.3 Å². The molecule has 0 spiro atoms. The van der Waals surface area contributed by atoms with Crippen LogP contribution in [-0.4, -0.2) is 10.8 Å². The predicted molar refractivity (Wildman–Crippen MR) is 69.4 cm³/mol. The summed E-state index contributed by atoms with van der Waals surface area (Å²) in [5.74, 6) is -0.300. The third-order valence-electron chi connectivity index (χ3n) is 2.15. The number of nitrogens with one attached hydrogen (secondary N) is 1. The molecule has 2 aromatic rings. The summed E-state index contributed by atoms with van der Waals surface area (Å²) in [5, 5.41) is 7.21. The van der Waals surface area contributed by atoms with Gasteiger partial charge in [0.05, 0.1) is 6.20 Å². The Kier molecular flexibility index (Phi) is 3.57. The molecule has 0 atom stereocenters. The van der Waals surface area contributed by atoms with Crippen LogP contribution in [-0.2, 0) is 0 Å². The second kappa shape index (κ2) is 5.14. The molecule has 0 fully saturated rings. The number of halogens is 2. The molecule has 0 amide bonds. The van der Waals surface area contributed by atoms with E-state index in [1.807, 2.05) is 0 Å². The smallest absolute Gasteiger partial charge is 0.166 e. The van der Waals surface area contributed by atoms with E-state index in [0.717, 1.165) is 10.5 Å². The highest BCUT2D eigenvalue weighted by atomic mass is 79.9. The molecular weight excluding hydrogens is 301 g/mol. The van der Waals surface area contributed by atoms with Crippen LogP contribution in [0, 0.1) is 11.2 Å². The molecule has 0 radical (unpaired) electrons. The number of nitrogens with zero attached hydrogens (tertiary/aromatic N) is 1. The first-order valence-electron chi connectivity index (χ1n) is 4.98. The van der Waals surface area contributed by atoms with Gasteiger partial charge in [0, 0.05) is 16.2 Å². The molecule has 0 saturated carbocycles. The summed E-state index contributed by atoms with van der Waals surface area (Å²) in [7, 11) is 0. The van der Waals surface area contributed by atoms with Crippen molar-refractivity contribution in [3.8, 4) is 11.5 Å². The second-order valence-corrected chi connectivity index (χ2v) is 4.42. The Morgan fingerprint density at radius 1 is 1.33 bits per heavy atom. The standard InChI is InChI=1S/C12H9BrFN3O/c13-8-4-9(6-17-5-8)18-11-2-1-7(12(15)16)3-10(11)14/h1-6H,(H3,15,16). The SMILES string of the molecule is N=C(N)c1ccc(Oc2cncc(Br)c2)c(F)c1. The third-order valence-corrected chi connectivity index (χ3v) is 2.58. The van der Waals surface area contributed by atoms with Crippen LogP contribution < -0.4 is 10.5 Å². The lowest BCUT2D eigenvalue weighted by molar-refractivity contribution is 0.440. The minimum atomic E-state index is -0.581. The van der Waals surface area contributed by atoms with Gasteiger partial charge in [0.25, 0.3) is 0 Å². The number of hydrogen-bond acceptors (Lipinski definition) is 3. The molecule has 0 aliphatic heterocycles. The Morgan fingerprint density at radius 2 is 2.11 bits per heavy atom. The van der Waals surface area contributed by atoms with Crippen LogP contribution >= 0.6 is 15.9 Å². The molecule has 1 aromatic carbocycles. The van der Waals surface area contributed by atoms with Crippen molar-refractivity contribution in [1.29, 1.82) is 5.41 Å². The molecule has 1 heterocycles. The molecule has 1 aromatic heterocycles. The maximum atomic E-state index is 13.7. The van der Waals surface area contributed by atoms with Gasteiger partial charge in [0.1, 0.15) is 11.6 Å². The lowest BCUT2D eigenvalue weighted by Gasteiger charge is -2.07. The maximum absolute atomic E-state index is 13.7. The summed E-state index contributed by atoms with van der Waals surface area (Å²) >= 11 is 3.24. The Bertz CT molecular complexity index is 604. The fourth-order valence-electron chi connectivity index (χ4n) is 1.33. The second-order valence-electron chi connectivity index (χ2n) is 3.50. The average molecular weight is 310 g/mol. The fourth-order valence-corrected chi connectivity index (χ4v) is 1.67. The van der Waals surface area contributed by atoms with Gasteiger partial charge in [-0.3, -0.25) is 10.4 Å². The highest BCUT2D eigenvalue weighted by molar-refractivity contribution is 9.10. The number of benzene rings is 1. The topological polar surface area (TPSA) is 72.0 Å². The summed E-state index contributed by atoms with van der Waals surface area (Å²) in [6.45, 7) is 0. The van der Waals surface area contributed by atoms with Crippen molar-refractivity contribution in [2.75, 3.05) is 0 Å². The molecular formula is C12H9BrFN3O. The molecule has 2 rings (SSSR count). The van der Waals surface area contributed by atoms with Crippen LogP contribution in [0.15, 0.2) is 41.1 Å². The molecule has 3 N–H and O–H groups in total. The molecule has 4 nitrogen and oxygen atoms in total. The van der Waals surface area contributed by atoms with Crippen LogP contribution in [0.25, 0.3) is 0 Å². The van der Waals surface area contributed by atoms with Gasteiger partial charge in [-0.25, -0.2) is 4.39 Å². The number of nitrogens with two attached hydrogens (primary N) is 1. The Hall–Kier alpha value is -1.95. The molecule has 92 valence electrons. The molecule has 0 aliphatic carbocycles. The van der Waals surface area contributed by atoms with Crippen molar-refractivity contribution >= 4 is 21.8 Å². The van der Waals surface area contributed by atoms with Crippen molar-refractivity contribution in [1.82, 2.24) is 4.98 Å². The molecule has 0 aliphatic rings. The summed E-state index contributed by atoms with van der Waals surface area (Å²) in [4.78, 5) is 3.91. The highest BCUT2D eigenvalue weighted by Crippen LogP contribution is 2.26. The zero-order valence-corrected chi connectivity index (χ0v) is 10.7. The van der Waals surface area contributed by atoms with Crippen LogP contribution in [0.1, 0.15) is 5.56 Å². The zero-order valence-electron chi connectivity index (χ0n) is 9.15. The van der Waals surface area contributed by atoms with E-state index in [9.17, 15) is 4.39 Å². The maximum Gasteiger partial charge on any atom is 0.166 e. The highest BCUT2D eigenvalue weighted by Gasteiger charge is 2.08. The first kappa shape index (κ1) is 12.5. The largest absolute Gasteiger partial charge is 0.453 e. The van der Waals surface area contributed by atoms with E-state index >= 15 is 0 Å². The Balaban J connectivity index is 2.27. The van der Waals surface area contributed by atoms with Gasteiger partial charge in [-0.1, -0.05) is 0 Å². The average Bonchev–Trinajstić information content (AvgIpc) is 2.31. The number of pyridine rings is 1. The van der Waals surface area contributed by atoms with Gasteiger partial charge >= 0.3 is 0 Å². The molecule has 18 heavy (non-hydrogen) atoms. The molecule has 0 saturated heterocycles. The van der Waals surface area contributed by atoms with Crippen molar-refractivity contribution in [2.24, 2.45) is 5.73 Å². The normalized spacial score (nSPS) is 10.1. The zero-order chi connectivity index (χ0) is 13.1. The van der Waals surface area contributed by atoms with Crippen molar-refractivity contribution in [3.63, 3.8) is 0 Å². The monoisotopic (exact) mass is 309 g/mol. The molecule has 0 unspecified atom stereocenters. The van der Waals surface area contributed by atoms with Gasteiger partial charge in [-0.15, -0.1) is 0 Å². The van der Waals surface area contributed by atoms with E-state index in [-0.39, 0.29) is 11.6 Å². The van der Waals surface area contributed by atoms with Crippen LogP contribution in [0.4, 0.5) is 4.39 Å². The van der Waals surface area contributed by atoms with Crippen LogP contribution in [0.2, 0.25) is 0 Å². The van der Waals surface area contributed by atoms with E-state index in [1.165, 1.54) is 18.3 Å². The minimum Gasteiger partial charge on any atom is -0.453 e. The minimum absolute atomic E-state index is 0.0555. The first-order valence-corrected chi connectivity index (χ1v) is 5.78. The number of amidine groups is 1. The van der Waals surface area contributed by atoms with Crippen LogP contribution in [0.3, 0.4) is 0 Å². The van der Waals surface area contributed by atoms with E-state index in [4.69, 9.17) is 15.9 Å². The number of aromatic nitrogens is 1. The van der Waals surface area contributed by atoms with E-state index in [1.54, 1.807) is 12.3 Å². The number of ether oxygens (including phenoxy) is 1. The fraction of sp³-hybridized carbons (Fsp3) is 0. The molecule has 0 bridgehead atoms. The first-order chi connectivity index (χ1) is 8.56. The predicted octanol–water partition coefficient (Wildman–Crippen LogP) is 3.06.